The molecule has 0 atom stereocenters. The molecule has 0 amide bonds. The van der Waals surface area contributed by atoms with E-state index < -0.39 is 0 Å². The fraction of sp³-hybridized carbons (Fsp3) is 0.111. The molecule has 0 bridgehead atoms. The van der Waals surface area contributed by atoms with Crippen molar-refractivity contribution in [2.45, 2.75) is 5.88 Å². The molecule has 3 nitrogen and oxygen atoms in total. The highest BCUT2D eigenvalue weighted by Gasteiger charge is 2.02. The van der Waals surface area contributed by atoms with Crippen LogP contribution in [0.2, 0.25) is 0 Å². The first-order valence-corrected chi connectivity index (χ1v) is 4.42. The molecule has 1 aromatic carbocycles. The first kappa shape index (κ1) is 8.26. The van der Waals surface area contributed by atoms with Crippen LogP contribution in [0, 0.1) is 0 Å². The predicted molar refractivity (Wildman–Crippen MR) is 53.5 cm³/mol. The minimum absolute atomic E-state index is 0.287. The van der Waals surface area contributed by atoms with E-state index in [1.165, 1.54) is 0 Å². The third-order valence-electron chi connectivity index (χ3n) is 1.80. The van der Waals surface area contributed by atoms with E-state index in [-0.39, 0.29) is 5.88 Å². The van der Waals surface area contributed by atoms with E-state index in [1.807, 2.05) is 24.3 Å². The second-order valence-corrected chi connectivity index (χ2v) is 2.94. The molecule has 2 rings (SSSR count). The minimum Gasteiger partial charge on any atom is -0.383 e. The summed E-state index contributed by atoms with van der Waals surface area (Å²) in [6.07, 6.45) is 0. The van der Waals surface area contributed by atoms with Gasteiger partial charge in [-0.3, -0.25) is 0 Å². The van der Waals surface area contributed by atoms with Crippen molar-refractivity contribution in [2.75, 3.05) is 5.73 Å². The number of anilines is 1. The van der Waals surface area contributed by atoms with Gasteiger partial charge in [0.1, 0.15) is 11.6 Å². The number of hydrogen-bond donors (Lipinski definition) is 1. The molecular weight excluding hydrogens is 186 g/mol. The minimum atomic E-state index is 0.287. The molecule has 0 saturated carbocycles. The zero-order valence-electron chi connectivity index (χ0n) is 6.87. The second kappa shape index (κ2) is 3.18. The lowest BCUT2D eigenvalue weighted by Crippen LogP contribution is -1.98. The van der Waals surface area contributed by atoms with Gasteiger partial charge in [0.2, 0.25) is 0 Å². The average Bonchev–Trinajstić information content (AvgIpc) is 2.18. The van der Waals surface area contributed by atoms with E-state index >= 15 is 0 Å². The number of nitrogen functional groups attached to an aromatic ring is 1. The topological polar surface area (TPSA) is 51.8 Å². The van der Waals surface area contributed by atoms with E-state index in [0.29, 0.717) is 11.6 Å². The molecule has 66 valence electrons. The highest BCUT2D eigenvalue weighted by atomic mass is 35.5. The van der Waals surface area contributed by atoms with Crippen molar-refractivity contribution in [1.82, 2.24) is 9.97 Å². The first-order valence-electron chi connectivity index (χ1n) is 3.88. The van der Waals surface area contributed by atoms with Crippen LogP contribution in [0.15, 0.2) is 24.3 Å². The number of hydrogen-bond acceptors (Lipinski definition) is 3. The van der Waals surface area contributed by atoms with Crippen LogP contribution in [0.5, 0.6) is 0 Å². The number of rotatable bonds is 1. The number of fused-ring (bicyclic) bond motifs is 1. The van der Waals surface area contributed by atoms with Gasteiger partial charge in [0.15, 0.2) is 0 Å². The van der Waals surface area contributed by atoms with Gasteiger partial charge in [0.25, 0.3) is 0 Å². The van der Waals surface area contributed by atoms with Gasteiger partial charge in [-0.05, 0) is 12.1 Å². The Hall–Kier alpha value is -1.35. The third-order valence-corrected chi connectivity index (χ3v) is 2.04. The Morgan fingerprint density at radius 3 is 2.77 bits per heavy atom. The molecule has 0 saturated heterocycles. The Labute approximate surface area is 80.6 Å². The van der Waals surface area contributed by atoms with E-state index in [2.05, 4.69) is 9.97 Å². The van der Waals surface area contributed by atoms with Crippen LogP contribution >= 0.6 is 11.6 Å². The van der Waals surface area contributed by atoms with Gasteiger partial charge in [-0.2, -0.15) is 0 Å². The van der Waals surface area contributed by atoms with Crippen LogP contribution in [0.4, 0.5) is 5.82 Å². The molecule has 0 spiro atoms. The Balaban J connectivity index is 2.77. The summed E-state index contributed by atoms with van der Waals surface area (Å²) in [6, 6.07) is 7.60. The second-order valence-electron chi connectivity index (χ2n) is 2.68. The largest absolute Gasteiger partial charge is 0.383 e. The monoisotopic (exact) mass is 193 g/mol. The fourth-order valence-corrected chi connectivity index (χ4v) is 1.33. The lowest BCUT2D eigenvalue weighted by Gasteiger charge is -2.01. The molecule has 1 heterocycles. The van der Waals surface area contributed by atoms with E-state index in [9.17, 15) is 0 Å². The summed E-state index contributed by atoms with van der Waals surface area (Å²) in [7, 11) is 0. The average molecular weight is 194 g/mol. The summed E-state index contributed by atoms with van der Waals surface area (Å²) < 4.78 is 0. The van der Waals surface area contributed by atoms with Gasteiger partial charge in [-0.25, -0.2) is 9.97 Å². The summed E-state index contributed by atoms with van der Waals surface area (Å²) in [5.74, 6) is 1.34. The molecule has 4 heteroatoms. The Kier molecular flexibility index (Phi) is 2.02. The highest BCUT2D eigenvalue weighted by Crippen LogP contribution is 2.17. The Morgan fingerprint density at radius 2 is 2.00 bits per heavy atom. The smallest absolute Gasteiger partial charge is 0.146 e. The molecule has 0 fully saturated rings. The van der Waals surface area contributed by atoms with Gasteiger partial charge in [0.05, 0.1) is 11.4 Å². The maximum atomic E-state index is 5.72. The van der Waals surface area contributed by atoms with Crippen LogP contribution in [-0.4, -0.2) is 9.97 Å². The molecule has 0 aliphatic rings. The lowest BCUT2D eigenvalue weighted by atomic mass is 10.2. The van der Waals surface area contributed by atoms with E-state index in [4.69, 9.17) is 17.3 Å². The maximum Gasteiger partial charge on any atom is 0.146 e. The molecular formula is C9H8ClN3. The Morgan fingerprint density at radius 1 is 1.23 bits per heavy atom. The number of halogens is 1. The first-order chi connectivity index (χ1) is 6.31. The fourth-order valence-electron chi connectivity index (χ4n) is 1.21. The van der Waals surface area contributed by atoms with Gasteiger partial charge in [0, 0.05) is 5.39 Å². The number of benzene rings is 1. The van der Waals surface area contributed by atoms with Crippen molar-refractivity contribution < 1.29 is 0 Å². The van der Waals surface area contributed by atoms with Crippen molar-refractivity contribution in [2.24, 2.45) is 0 Å². The molecule has 0 unspecified atom stereocenters. The van der Waals surface area contributed by atoms with Crippen molar-refractivity contribution in [3.8, 4) is 0 Å². The standard InChI is InChI=1S/C9H8ClN3/c10-5-8-12-7-4-2-1-3-6(7)9(11)13-8/h1-4H,5H2,(H2,11,12,13). The van der Waals surface area contributed by atoms with Crippen molar-refractivity contribution >= 4 is 28.3 Å². The van der Waals surface area contributed by atoms with Crippen LogP contribution in [0.1, 0.15) is 5.82 Å². The van der Waals surface area contributed by atoms with Gasteiger partial charge >= 0.3 is 0 Å². The summed E-state index contributed by atoms with van der Waals surface area (Å²) in [5, 5.41) is 0.872. The summed E-state index contributed by atoms with van der Waals surface area (Å²) in [6.45, 7) is 0. The van der Waals surface area contributed by atoms with E-state index in [0.717, 1.165) is 10.9 Å². The third kappa shape index (κ3) is 1.42. The van der Waals surface area contributed by atoms with Crippen molar-refractivity contribution in [3.63, 3.8) is 0 Å². The van der Waals surface area contributed by atoms with Crippen molar-refractivity contribution in [1.29, 1.82) is 0 Å². The summed E-state index contributed by atoms with van der Waals surface area (Å²) >= 11 is 5.62. The zero-order valence-corrected chi connectivity index (χ0v) is 7.62. The molecule has 2 N–H and O–H groups in total. The number of alkyl halides is 1. The SMILES string of the molecule is Nc1nc(CCl)nc2ccccc12. The van der Waals surface area contributed by atoms with Crippen LogP contribution < -0.4 is 5.73 Å². The summed E-state index contributed by atoms with van der Waals surface area (Å²) in [4.78, 5) is 8.29. The number of nitrogens with zero attached hydrogens (tertiary/aromatic N) is 2. The molecule has 2 aromatic rings. The quantitative estimate of drug-likeness (QED) is 0.705. The van der Waals surface area contributed by atoms with Crippen LogP contribution in [0.25, 0.3) is 10.9 Å². The predicted octanol–water partition coefficient (Wildman–Crippen LogP) is 1.95. The lowest BCUT2D eigenvalue weighted by molar-refractivity contribution is 1.07. The molecule has 0 aliphatic heterocycles. The van der Waals surface area contributed by atoms with Gasteiger partial charge in [-0.15, -0.1) is 11.6 Å². The van der Waals surface area contributed by atoms with Crippen LogP contribution in [-0.2, 0) is 5.88 Å². The van der Waals surface area contributed by atoms with E-state index in [1.54, 1.807) is 0 Å². The van der Waals surface area contributed by atoms with Gasteiger partial charge in [-0.1, -0.05) is 12.1 Å². The molecule has 0 radical (unpaired) electrons. The normalized spacial score (nSPS) is 10.5. The Bertz CT molecular complexity index is 442. The van der Waals surface area contributed by atoms with Crippen LogP contribution in [0.3, 0.4) is 0 Å². The number of aromatic nitrogens is 2. The zero-order chi connectivity index (χ0) is 9.26. The van der Waals surface area contributed by atoms with Gasteiger partial charge < -0.3 is 5.73 Å². The maximum absolute atomic E-state index is 5.72. The number of para-hydroxylation sites is 1. The van der Waals surface area contributed by atoms with Crippen molar-refractivity contribution in [3.05, 3.63) is 30.1 Å². The number of nitrogens with two attached hydrogens (primary N) is 1. The highest BCUT2D eigenvalue weighted by molar-refractivity contribution is 6.16. The molecule has 13 heavy (non-hydrogen) atoms. The molecule has 0 aliphatic carbocycles. The summed E-state index contributed by atoms with van der Waals surface area (Å²) in [5.41, 5.74) is 6.56. The molecule has 1 aromatic heterocycles.